The predicted molar refractivity (Wildman–Crippen MR) is 116 cm³/mol. The van der Waals surface area contributed by atoms with E-state index in [2.05, 4.69) is 14.4 Å². The van der Waals surface area contributed by atoms with Crippen LogP contribution in [0.25, 0.3) is 11.0 Å². The van der Waals surface area contributed by atoms with Gasteiger partial charge in [0.15, 0.2) is 5.84 Å². The lowest BCUT2D eigenvalue weighted by atomic mass is 10.1. The monoisotopic (exact) mass is 433 g/mol. The molecule has 0 saturated heterocycles. The Morgan fingerprint density at radius 2 is 1.87 bits per heavy atom. The number of hydrogen-bond donors (Lipinski definition) is 3. The SMILES string of the molecule is O=c1c(C2=NSc3cccc(O)c3N2O)c(O)c2cccnc2n1Cc1cccnc1. The molecule has 10 heteroatoms. The van der Waals surface area contributed by atoms with Crippen LogP contribution >= 0.6 is 11.9 Å². The van der Waals surface area contributed by atoms with Gasteiger partial charge in [0.05, 0.1) is 16.8 Å². The van der Waals surface area contributed by atoms with Crippen molar-refractivity contribution >= 4 is 34.5 Å². The van der Waals surface area contributed by atoms with Crippen LogP contribution in [0, 0.1) is 0 Å². The molecule has 0 aliphatic carbocycles. The Morgan fingerprint density at radius 1 is 1.03 bits per heavy atom. The molecule has 0 spiro atoms. The van der Waals surface area contributed by atoms with Crippen molar-refractivity contribution in [2.24, 2.45) is 4.40 Å². The van der Waals surface area contributed by atoms with Gasteiger partial charge in [0.1, 0.15) is 28.4 Å². The molecule has 1 aromatic carbocycles. The van der Waals surface area contributed by atoms with E-state index in [9.17, 15) is 20.2 Å². The first-order valence-corrected chi connectivity index (χ1v) is 9.99. The molecule has 0 bridgehead atoms. The molecule has 5 rings (SSSR count). The number of phenolic OH excluding ortho intramolecular Hbond substituents is 1. The lowest BCUT2D eigenvalue weighted by molar-refractivity contribution is 0.304. The third-order valence-corrected chi connectivity index (χ3v) is 5.69. The van der Waals surface area contributed by atoms with E-state index in [1.54, 1.807) is 42.7 Å². The second-order valence-electron chi connectivity index (χ2n) is 6.79. The normalized spacial score (nSPS) is 13.2. The van der Waals surface area contributed by atoms with Crippen LogP contribution in [0.15, 0.2) is 75.1 Å². The molecule has 0 saturated carbocycles. The fourth-order valence-corrected chi connectivity index (χ4v) is 4.24. The standard InChI is InChI=1S/C21H15N5O4S/c27-14-6-1-7-15-17(14)26(30)20(24-31-15)16-18(28)13-5-3-9-23-19(13)25(21(16)29)11-12-4-2-8-22-10-12/h1-10,27-28,30H,11H2. The first-order chi connectivity index (χ1) is 15.1. The van der Waals surface area contributed by atoms with Crippen molar-refractivity contribution in [2.45, 2.75) is 11.4 Å². The van der Waals surface area contributed by atoms with E-state index in [0.29, 0.717) is 15.3 Å². The van der Waals surface area contributed by atoms with Crippen LogP contribution in [0.3, 0.4) is 0 Å². The zero-order chi connectivity index (χ0) is 21.5. The van der Waals surface area contributed by atoms with Gasteiger partial charge in [0, 0.05) is 30.5 Å². The van der Waals surface area contributed by atoms with E-state index in [4.69, 9.17) is 0 Å². The van der Waals surface area contributed by atoms with Gasteiger partial charge in [-0.3, -0.25) is 19.6 Å². The molecule has 1 aliphatic rings. The van der Waals surface area contributed by atoms with E-state index in [0.717, 1.165) is 17.5 Å². The number of para-hydroxylation sites is 1. The van der Waals surface area contributed by atoms with Gasteiger partial charge in [0.2, 0.25) is 0 Å². The van der Waals surface area contributed by atoms with E-state index < -0.39 is 5.56 Å². The van der Waals surface area contributed by atoms with E-state index >= 15 is 0 Å². The van der Waals surface area contributed by atoms with E-state index in [1.165, 1.54) is 16.8 Å². The largest absolute Gasteiger partial charge is 0.506 e. The fourth-order valence-electron chi connectivity index (χ4n) is 3.47. The van der Waals surface area contributed by atoms with Gasteiger partial charge in [-0.15, -0.1) is 0 Å². The van der Waals surface area contributed by atoms with E-state index in [1.807, 2.05) is 6.07 Å². The molecule has 31 heavy (non-hydrogen) atoms. The van der Waals surface area contributed by atoms with Crippen LogP contribution < -0.4 is 10.6 Å². The minimum Gasteiger partial charge on any atom is -0.506 e. The number of nitrogens with zero attached hydrogens (tertiary/aromatic N) is 5. The van der Waals surface area contributed by atoms with E-state index in [-0.39, 0.29) is 40.8 Å². The van der Waals surface area contributed by atoms with Crippen molar-refractivity contribution in [3.8, 4) is 11.5 Å². The van der Waals surface area contributed by atoms with Crippen LogP contribution in [0.1, 0.15) is 11.1 Å². The number of fused-ring (bicyclic) bond motifs is 2. The van der Waals surface area contributed by atoms with Gasteiger partial charge in [0.25, 0.3) is 5.56 Å². The highest BCUT2D eigenvalue weighted by Gasteiger charge is 2.31. The van der Waals surface area contributed by atoms with Crippen LogP contribution in [-0.4, -0.2) is 35.8 Å². The summed E-state index contributed by atoms with van der Waals surface area (Å²) in [5.41, 5.74) is 0.339. The topological polar surface area (TPSA) is 124 Å². The second kappa shape index (κ2) is 7.42. The number of amidine groups is 1. The summed E-state index contributed by atoms with van der Waals surface area (Å²) in [6.07, 6.45) is 4.79. The first-order valence-electron chi connectivity index (χ1n) is 9.22. The Balaban J connectivity index is 1.74. The minimum atomic E-state index is -0.593. The Bertz CT molecular complexity index is 1400. The molecule has 0 unspecified atom stereocenters. The van der Waals surface area contributed by atoms with Crippen molar-refractivity contribution in [3.63, 3.8) is 0 Å². The maximum Gasteiger partial charge on any atom is 0.267 e. The molecule has 3 N–H and O–H groups in total. The van der Waals surface area contributed by atoms with Gasteiger partial charge < -0.3 is 10.2 Å². The highest BCUT2D eigenvalue weighted by Crippen LogP contribution is 2.42. The maximum atomic E-state index is 13.5. The zero-order valence-electron chi connectivity index (χ0n) is 15.9. The predicted octanol–water partition coefficient (Wildman–Crippen LogP) is 2.91. The average molecular weight is 433 g/mol. The maximum absolute atomic E-state index is 13.5. The summed E-state index contributed by atoms with van der Waals surface area (Å²) in [5.74, 6) is -0.725. The number of pyridine rings is 3. The van der Waals surface area contributed by atoms with Crippen LogP contribution in [-0.2, 0) is 6.54 Å². The third-order valence-electron chi connectivity index (χ3n) is 4.90. The average Bonchev–Trinajstić information content (AvgIpc) is 2.79. The first kappa shape index (κ1) is 19.1. The number of hydrogen-bond acceptors (Lipinski definition) is 9. The number of aromatic nitrogens is 3. The van der Waals surface area contributed by atoms with Gasteiger partial charge >= 0.3 is 0 Å². The highest BCUT2D eigenvalue weighted by atomic mass is 32.2. The third kappa shape index (κ3) is 3.09. The Labute approximate surface area is 179 Å². The summed E-state index contributed by atoms with van der Waals surface area (Å²) in [7, 11) is 0. The van der Waals surface area contributed by atoms with Crippen molar-refractivity contribution in [1.82, 2.24) is 14.5 Å². The lowest BCUT2D eigenvalue weighted by Gasteiger charge is -2.26. The second-order valence-corrected chi connectivity index (χ2v) is 7.60. The Morgan fingerprint density at radius 3 is 2.68 bits per heavy atom. The molecule has 3 aromatic heterocycles. The molecule has 0 radical (unpaired) electrons. The molecule has 4 aromatic rings. The summed E-state index contributed by atoms with van der Waals surface area (Å²) >= 11 is 0.984. The van der Waals surface area contributed by atoms with Gasteiger partial charge in [-0.25, -0.2) is 4.98 Å². The molecule has 154 valence electrons. The molecule has 0 atom stereocenters. The number of anilines is 1. The summed E-state index contributed by atoms with van der Waals surface area (Å²) in [6, 6.07) is 11.6. The summed E-state index contributed by atoms with van der Waals surface area (Å²) in [6.45, 7) is 0.154. The van der Waals surface area contributed by atoms with Crippen molar-refractivity contribution in [2.75, 3.05) is 5.06 Å². The molecule has 4 heterocycles. The van der Waals surface area contributed by atoms with Gasteiger partial charge in [-0.05, 0) is 35.9 Å². The molecular weight excluding hydrogens is 418 g/mol. The Hall–Kier alpha value is -3.89. The number of aromatic hydroxyl groups is 2. The van der Waals surface area contributed by atoms with Gasteiger partial charge in [-0.2, -0.15) is 9.46 Å². The minimum absolute atomic E-state index is 0.0846. The number of phenols is 1. The summed E-state index contributed by atoms with van der Waals surface area (Å²) < 4.78 is 5.62. The smallest absolute Gasteiger partial charge is 0.267 e. The van der Waals surface area contributed by atoms with Crippen molar-refractivity contribution in [3.05, 3.63) is 82.5 Å². The molecular formula is C21H15N5O4S. The number of hydroxylamine groups is 1. The molecule has 9 nitrogen and oxygen atoms in total. The van der Waals surface area contributed by atoms with Crippen LogP contribution in [0.5, 0.6) is 11.5 Å². The Kier molecular flexibility index (Phi) is 4.57. The lowest BCUT2D eigenvalue weighted by Crippen LogP contribution is -2.37. The zero-order valence-corrected chi connectivity index (χ0v) is 16.7. The van der Waals surface area contributed by atoms with Gasteiger partial charge in [-0.1, -0.05) is 12.1 Å². The van der Waals surface area contributed by atoms with Crippen molar-refractivity contribution < 1.29 is 15.4 Å². The number of benzene rings is 1. The van der Waals surface area contributed by atoms with Crippen LogP contribution in [0.2, 0.25) is 0 Å². The molecule has 1 aliphatic heterocycles. The summed E-state index contributed by atoms with van der Waals surface area (Å²) in [5, 5.41) is 32.9. The highest BCUT2D eigenvalue weighted by molar-refractivity contribution is 7.98. The summed E-state index contributed by atoms with van der Waals surface area (Å²) in [4.78, 5) is 22.4. The molecule has 0 amide bonds. The molecule has 0 fully saturated rings. The fraction of sp³-hybridized carbons (Fsp3) is 0.0476. The quantitative estimate of drug-likeness (QED) is 0.421. The number of rotatable bonds is 3. The van der Waals surface area contributed by atoms with Crippen molar-refractivity contribution in [1.29, 1.82) is 0 Å². The van der Waals surface area contributed by atoms with Crippen LogP contribution in [0.4, 0.5) is 5.69 Å².